The summed E-state index contributed by atoms with van der Waals surface area (Å²) in [5.74, 6) is 0.102. The molecular weight excluding hydrogens is 374 g/mol. The van der Waals surface area contributed by atoms with Crippen LogP contribution in [0, 0.1) is 13.8 Å². The number of aromatic nitrogens is 1. The number of nitrogens with one attached hydrogen (secondary N) is 3. The molecule has 1 aliphatic heterocycles. The van der Waals surface area contributed by atoms with E-state index in [2.05, 4.69) is 11.1 Å². The Bertz CT molecular complexity index is 882. The predicted molar refractivity (Wildman–Crippen MR) is 111 cm³/mol. The van der Waals surface area contributed by atoms with Gasteiger partial charge >= 0.3 is 0 Å². The number of aryl methyl sites for hydroxylation is 1. The zero-order valence-corrected chi connectivity index (χ0v) is 17.9. The van der Waals surface area contributed by atoms with Gasteiger partial charge in [-0.15, -0.1) is 0 Å². The van der Waals surface area contributed by atoms with Gasteiger partial charge in [-0.2, -0.15) is 0 Å². The number of H-pyrrole nitrogens is 1. The van der Waals surface area contributed by atoms with E-state index in [0.717, 1.165) is 49.0 Å². The van der Waals surface area contributed by atoms with Crippen molar-refractivity contribution in [1.82, 2.24) is 4.98 Å². The van der Waals surface area contributed by atoms with Gasteiger partial charge in [-0.3, -0.25) is 9.59 Å². The van der Waals surface area contributed by atoms with E-state index in [4.69, 9.17) is 11.6 Å². The average molecular weight is 404 g/mol. The predicted octanol–water partition coefficient (Wildman–Crippen LogP) is 1.04. The Morgan fingerprint density at radius 3 is 2.43 bits per heavy atom. The Labute approximate surface area is 171 Å². The molecule has 5 nitrogen and oxygen atoms in total. The third kappa shape index (κ3) is 4.37. The second kappa shape index (κ2) is 8.60. The standard InChI is InChI=1S/C22H28ClN3O2/c1-14-20(17(4)27)15(2)24-21(14)22(28)16(3)26-10-8-25(9-11-26)13-18-6-5-7-19(23)12-18/h5-7,12,16,24H,8-11,13H2,1-4H3/p+2/t16-/m1/s1. The number of Topliss-reactive ketones (excluding diaryl/α,β-unsaturated/α-hetero) is 2. The van der Waals surface area contributed by atoms with Gasteiger partial charge in [-0.25, -0.2) is 0 Å². The van der Waals surface area contributed by atoms with Crippen molar-refractivity contribution in [2.45, 2.75) is 40.3 Å². The van der Waals surface area contributed by atoms with Gasteiger partial charge in [-0.1, -0.05) is 23.7 Å². The molecule has 1 atom stereocenters. The zero-order valence-electron chi connectivity index (χ0n) is 17.1. The van der Waals surface area contributed by atoms with Crippen LogP contribution < -0.4 is 9.80 Å². The van der Waals surface area contributed by atoms with Gasteiger partial charge < -0.3 is 14.8 Å². The summed E-state index contributed by atoms with van der Waals surface area (Å²) in [4.78, 5) is 30.9. The molecular formula is C22H30ClN3O2+2. The van der Waals surface area contributed by atoms with E-state index >= 15 is 0 Å². The van der Waals surface area contributed by atoms with Crippen LogP contribution in [-0.4, -0.2) is 48.8 Å². The Morgan fingerprint density at radius 1 is 1.18 bits per heavy atom. The number of piperazine rings is 1. The van der Waals surface area contributed by atoms with E-state index in [1.807, 2.05) is 39.0 Å². The summed E-state index contributed by atoms with van der Waals surface area (Å²) in [5.41, 5.74) is 4.07. The average Bonchev–Trinajstić information content (AvgIpc) is 2.95. The number of quaternary nitrogens is 2. The van der Waals surface area contributed by atoms with Crippen LogP contribution >= 0.6 is 11.6 Å². The minimum absolute atomic E-state index is 0.00327. The molecule has 0 radical (unpaired) electrons. The van der Waals surface area contributed by atoms with E-state index < -0.39 is 0 Å². The minimum Gasteiger partial charge on any atom is -0.355 e. The van der Waals surface area contributed by atoms with Crippen LogP contribution in [0.15, 0.2) is 24.3 Å². The topological polar surface area (TPSA) is 58.8 Å². The highest BCUT2D eigenvalue weighted by Crippen LogP contribution is 2.19. The summed E-state index contributed by atoms with van der Waals surface area (Å²) in [5, 5.41) is 0.780. The van der Waals surface area contributed by atoms with Gasteiger partial charge in [0, 0.05) is 21.8 Å². The lowest BCUT2D eigenvalue weighted by Crippen LogP contribution is -3.29. The molecule has 1 fully saturated rings. The SMILES string of the molecule is CC(=O)c1c(C)[nH]c(C(=O)[C@@H](C)[NH+]2CC[NH+](Cc3cccc(Cl)c3)CC2)c1C. The normalized spacial score (nSPS) is 20.8. The molecule has 0 spiro atoms. The first-order valence-corrected chi connectivity index (χ1v) is 10.3. The number of halogens is 1. The van der Waals surface area contributed by atoms with E-state index in [1.54, 1.807) is 6.92 Å². The van der Waals surface area contributed by atoms with Gasteiger partial charge in [0.2, 0.25) is 5.78 Å². The summed E-state index contributed by atoms with van der Waals surface area (Å²) < 4.78 is 0. The van der Waals surface area contributed by atoms with Crippen molar-refractivity contribution in [2.75, 3.05) is 26.2 Å². The molecule has 2 aromatic rings. The summed E-state index contributed by atoms with van der Waals surface area (Å²) in [6.45, 7) is 12.2. The summed E-state index contributed by atoms with van der Waals surface area (Å²) in [6, 6.07) is 7.92. The van der Waals surface area contributed by atoms with Crippen LogP contribution in [0.25, 0.3) is 0 Å². The fourth-order valence-electron chi connectivity index (χ4n) is 4.40. The molecule has 28 heavy (non-hydrogen) atoms. The molecule has 0 unspecified atom stereocenters. The van der Waals surface area contributed by atoms with Crippen molar-refractivity contribution >= 4 is 23.2 Å². The van der Waals surface area contributed by atoms with Crippen LogP contribution in [0.1, 0.15) is 51.5 Å². The monoisotopic (exact) mass is 403 g/mol. The zero-order chi connectivity index (χ0) is 20.4. The molecule has 0 bridgehead atoms. The number of hydrogen-bond acceptors (Lipinski definition) is 2. The first kappa shape index (κ1) is 20.8. The van der Waals surface area contributed by atoms with E-state index in [9.17, 15) is 9.59 Å². The highest BCUT2D eigenvalue weighted by molar-refractivity contribution is 6.30. The van der Waals surface area contributed by atoms with Crippen LogP contribution in [-0.2, 0) is 6.54 Å². The molecule has 3 rings (SSSR count). The molecule has 1 aliphatic rings. The molecule has 0 saturated carbocycles. The number of ketones is 2. The molecule has 3 N–H and O–H groups in total. The third-order valence-corrected chi connectivity index (χ3v) is 6.22. The lowest BCUT2D eigenvalue weighted by Gasteiger charge is -2.32. The smallest absolute Gasteiger partial charge is 0.235 e. The number of carbonyl (C=O) groups excluding carboxylic acids is 2. The minimum atomic E-state index is -0.121. The molecule has 0 aliphatic carbocycles. The van der Waals surface area contributed by atoms with Crippen molar-refractivity contribution in [3.8, 4) is 0 Å². The summed E-state index contributed by atoms with van der Waals surface area (Å²) in [7, 11) is 0. The van der Waals surface area contributed by atoms with E-state index in [0.29, 0.717) is 11.3 Å². The largest absolute Gasteiger partial charge is 0.355 e. The lowest BCUT2D eigenvalue weighted by molar-refractivity contribution is -1.02. The quantitative estimate of drug-likeness (QED) is 0.631. The first-order chi connectivity index (χ1) is 13.3. The summed E-state index contributed by atoms with van der Waals surface area (Å²) in [6.07, 6.45) is 0. The Morgan fingerprint density at radius 2 is 1.86 bits per heavy atom. The molecule has 6 heteroatoms. The van der Waals surface area contributed by atoms with Gasteiger partial charge in [0.15, 0.2) is 11.8 Å². The Hall–Kier alpha value is -1.95. The number of aromatic amines is 1. The Balaban J connectivity index is 1.62. The van der Waals surface area contributed by atoms with Crippen molar-refractivity contribution in [2.24, 2.45) is 0 Å². The molecule has 0 amide bonds. The van der Waals surface area contributed by atoms with Gasteiger partial charge in [0.25, 0.3) is 0 Å². The maximum atomic E-state index is 13.1. The number of carbonyl (C=O) groups is 2. The van der Waals surface area contributed by atoms with E-state index in [-0.39, 0.29) is 17.6 Å². The molecule has 2 heterocycles. The highest BCUT2D eigenvalue weighted by atomic mass is 35.5. The Kier molecular flexibility index (Phi) is 6.38. The fraction of sp³-hybridized carbons (Fsp3) is 0.455. The van der Waals surface area contributed by atoms with Gasteiger partial charge in [0.05, 0.1) is 5.69 Å². The van der Waals surface area contributed by atoms with Crippen LogP contribution in [0.4, 0.5) is 0 Å². The van der Waals surface area contributed by atoms with E-state index in [1.165, 1.54) is 15.4 Å². The van der Waals surface area contributed by atoms with Gasteiger partial charge in [-0.05, 0) is 45.4 Å². The molecule has 1 aromatic carbocycles. The second-order valence-corrected chi connectivity index (χ2v) is 8.42. The molecule has 1 saturated heterocycles. The molecule has 1 aromatic heterocycles. The van der Waals surface area contributed by atoms with Gasteiger partial charge in [0.1, 0.15) is 32.7 Å². The summed E-state index contributed by atoms with van der Waals surface area (Å²) >= 11 is 6.09. The van der Waals surface area contributed by atoms with Crippen molar-refractivity contribution in [3.05, 3.63) is 57.4 Å². The lowest BCUT2D eigenvalue weighted by atomic mass is 10.0. The number of rotatable bonds is 6. The maximum Gasteiger partial charge on any atom is 0.235 e. The van der Waals surface area contributed by atoms with Crippen LogP contribution in [0.2, 0.25) is 5.02 Å². The third-order valence-electron chi connectivity index (χ3n) is 5.98. The second-order valence-electron chi connectivity index (χ2n) is 7.98. The van der Waals surface area contributed by atoms with Crippen molar-refractivity contribution in [3.63, 3.8) is 0 Å². The fourth-order valence-corrected chi connectivity index (χ4v) is 4.61. The number of hydrogen-bond donors (Lipinski definition) is 3. The van der Waals surface area contributed by atoms with Crippen molar-refractivity contribution in [1.29, 1.82) is 0 Å². The first-order valence-electron chi connectivity index (χ1n) is 9.94. The molecule has 150 valence electrons. The highest BCUT2D eigenvalue weighted by Gasteiger charge is 2.33. The maximum absolute atomic E-state index is 13.1. The van der Waals surface area contributed by atoms with Crippen LogP contribution in [0.5, 0.6) is 0 Å². The van der Waals surface area contributed by atoms with Crippen LogP contribution in [0.3, 0.4) is 0 Å². The number of benzene rings is 1. The van der Waals surface area contributed by atoms with Crippen molar-refractivity contribution < 1.29 is 19.4 Å².